The zero-order chi connectivity index (χ0) is 13.9. The summed E-state index contributed by atoms with van der Waals surface area (Å²) in [6.45, 7) is 6.61. The van der Waals surface area contributed by atoms with Crippen LogP contribution in [0.25, 0.3) is 0 Å². The average molecular weight is 261 g/mol. The van der Waals surface area contributed by atoms with E-state index in [2.05, 4.69) is 54.7 Å². The van der Waals surface area contributed by atoms with Crippen molar-refractivity contribution >= 4 is 0 Å². The van der Waals surface area contributed by atoms with Crippen LogP contribution in [0.4, 0.5) is 0 Å². The van der Waals surface area contributed by atoms with Crippen LogP contribution in [0.1, 0.15) is 44.2 Å². The first-order chi connectivity index (χ1) is 8.95. The van der Waals surface area contributed by atoms with Gasteiger partial charge in [-0.2, -0.15) is 0 Å². The van der Waals surface area contributed by atoms with E-state index in [0.717, 1.165) is 12.8 Å². The Kier molecular flexibility index (Phi) is 3.88. The largest absolute Gasteiger partial charge is 0.542 e. The van der Waals surface area contributed by atoms with Crippen molar-refractivity contribution in [3.8, 4) is 0 Å². The minimum atomic E-state index is -0.732. The molecule has 0 unspecified atom stereocenters. The van der Waals surface area contributed by atoms with E-state index < -0.39 is 5.82 Å². The molecule has 1 aromatic carbocycles. The number of nitrogens with zero attached hydrogens (tertiary/aromatic N) is 1. The Morgan fingerprint density at radius 1 is 1.11 bits per heavy atom. The quantitative estimate of drug-likeness (QED) is 0.848. The molecule has 0 N–H and O–H groups in total. The van der Waals surface area contributed by atoms with Crippen LogP contribution in [-0.4, -0.2) is 5.16 Å². The molecule has 19 heavy (non-hydrogen) atoms. The van der Waals surface area contributed by atoms with Crippen LogP contribution >= 0.6 is 0 Å². The van der Waals surface area contributed by atoms with Crippen molar-refractivity contribution in [2.24, 2.45) is 0 Å². The highest BCUT2D eigenvalue weighted by atomic mass is 16.6. The van der Waals surface area contributed by atoms with Gasteiger partial charge in [0.2, 0.25) is 5.89 Å². The predicted octanol–water partition coefficient (Wildman–Crippen LogP) is 3.10. The SMILES string of the molecule is CC(C)(C)c1ccc(CCCc2noc(=O)o2)cc1. The highest BCUT2D eigenvalue weighted by Gasteiger charge is 2.12. The van der Waals surface area contributed by atoms with Crippen LogP contribution in [0.2, 0.25) is 0 Å². The summed E-state index contributed by atoms with van der Waals surface area (Å²) in [7, 11) is 0. The number of aromatic nitrogens is 1. The van der Waals surface area contributed by atoms with Crippen LogP contribution in [0, 0.1) is 0 Å². The second kappa shape index (κ2) is 5.43. The molecule has 0 saturated heterocycles. The summed E-state index contributed by atoms with van der Waals surface area (Å²) >= 11 is 0. The van der Waals surface area contributed by atoms with Crippen molar-refractivity contribution in [2.45, 2.75) is 45.4 Å². The Morgan fingerprint density at radius 3 is 2.32 bits per heavy atom. The molecule has 0 fully saturated rings. The van der Waals surface area contributed by atoms with Crippen LogP contribution in [0.3, 0.4) is 0 Å². The predicted molar refractivity (Wildman–Crippen MR) is 72.2 cm³/mol. The first kappa shape index (κ1) is 13.6. The van der Waals surface area contributed by atoms with Gasteiger partial charge in [0, 0.05) is 6.42 Å². The molecule has 0 saturated carbocycles. The molecule has 2 aromatic rings. The fourth-order valence-corrected chi connectivity index (χ4v) is 1.93. The summed E-state index contributed by atoms with van der Waals surface area (Å²) in [4.78, 5) is 10.7. The van der Waals surface area contributed by atoms with Gasteiger partial charge >= 0.3 is 5.82 Å². The normalized spacial score (nSPS) is 11.7. The molecule has 0 amide bonds. The van der Waals surface area contributed by atoms with Crippen molar-refractivity contribution in [3.05, 3.63) is 51.9 Å². The van der Waals surface area contributed by atoms with E-state index in [9.17, 15) is 4.79 Å². The molecule has 4 nitrogen and oxygen atoms in total. The van der Waals surface area contributed by atoms with Gasteiger partial charge in [-0.25, -0.2) is 4.79 Å². The van der Waals surface area contributed by atoms with E-state index in [0.29, 0.717) is 12.3 Å². The molecule has 0 bridgehead atoms. The number of hydrogen-bond acceptors (Lipinski definition) is 4. The molecule has 1 aromatic heterocycles. The van der Waals surface area contributed by atoms with E-state index >= 15 is 0 Å². The zero-order valence-corrected chi connectivity index (χ0v) is 11.6. The lowest BCUT2D eigenvalue weighted by atomic mass is 9.86. The highest BCUT2D eigenvalue weighted by molar-refractivity contribution is 5.27. The van der Waals surface area contributed by atoms with E-state index in [1.165, 1.54) is 11.1 Å². The van der Waals surface area contributed by atoms with Crippen LogP contribution in [0.5, 0.6) is 0 Å². The lowest BCUT2D eigenvalue weighted by Crippen LogP contribution is -2.10. The maximum Gasteiger partial charge on any atom is 0.542 e. The van der Waals surface area contributed by atoms with Gasteiger partial charge in [-0.15, -0.1) is 0 Å². The fourth-order valence-electron chi connectivity index (χ4n) is 1.93. The van der Waals surface area contributed by atoms with Crippen LogP contribution in [0.15, 0.2) is 38.0 Å². The second-order valence-corrected chi connectivity index (χ2v) is 5.73. The Hall–Kier alpha value is -1.84. The third kappa shape index (κ3) is 3.81. The average Bonchev–Trinajstić information content (AvgIpc) is 2.75. The summed E-state index contributed by atoms with van der Waals surface area (Å²) in [5.74, 6) is -0.360. The molecule has 1 heterocycles. The highest BCUT2D eigenvalue weighted by Crippen LogP contribution is 2.22. The van der Waals surface area contributed by atoms with Gasteiger partial charge in [-0.3, -0.25) is 4.52 Å². The van der Waals surface area contributed by atoms with Gasteiger partial charge in [0.1, 0.15) is 0 Å². The van der Waals surface area contributed by atoms with Gasteiger partial charge < -0.3 is 4.42 Å². The lowest BCUT2D eigenvalue weighted by molar-refractivity contribution is 0.334. The zero-order valence-electron chi connectivity index (χ0n) is 11.6. The minimum absolute atomic E-state index is 0.183. The van der Waals surface area contributed by atoms with Gasteiger partial charge in [-0.05, 0) is 34.5 Å². The van der Waals surface area contributed by atoms with E-state index in [-0.39, 0.29) is 5.41 Å². The maximum atomic E-state index is 10.7. The van der Waals surface area contributed by atoms with Crippen LogP contribution in [-0.2, 0) is 18.3 Å². The van der Waals surface area contributed by atoms with Crippen molar-refractivity contribution in [1.82, 2.24) is 5.16 Å². The number of hydrogen-bond donors (Lipinski definition) is 0. The van der Waals surface area contributed by atoms with Crippen molar-refractivity contribution in [2.75, 3.05) is 0 Å². The third-order valence-electron chi connectivity index (χ3n) is 3.10. The number of rotatable bonds is 4. The first-order valence-corrected chi connectivity index (χ1v) is 6.50. The summed E-state index contributed by atoms with van der Waals surface area (Å²) in [5, 5.41) is 3.54. The van der Waals surface area contributed by atoms with Crippen molar-refractivity contribution in [3.63, 3.8) is 0 Å². The first-order valence-electron chi connectivity index (χ1n) is 6.50. The van der Waals surface area contributed by atoms with E-state index in [1.54, 1.807) is 0 Å². The maximum absolute atomic E-state index is 10.7. The summed E-state index contributed by atoms with van der Waals surface area (Å²) in [5.41, 5.74) is 2.79. The van der Waals surface area contributed by atoms with Gasteiger partial charge in [0.15, 0.2) is 0 Å². The number of aryl methyl sites for hydroxylation is 2. The monoisotopic (exact) mass is 261 g/mol. The van der Waals surface area contributed by atoms with Gasteiger partial charge in [0.25, 0.3) is 0 Å². The topological polar surface area (TPSA) is 56.2 Å². The van der Waals surface area contributed by atoms with Crippen LogP contribution < -0.4 is 5.82 Å². The molecular formula is C15H19NO3. The second-order valence-electron chi connectivity index (χ2n) is 5.73. The molecule has 4 heteroatoms. The van der Waals surface area contributed by atoms with Gasteiger partial charge in [0.05, 0.1) is 0 Å². The molecule has 0 aliphatic rings. The molecule has 0 radical (unpaired) electrons. The molecule has 0 aliphatic heterocycles. The Balaban J connectivity index is 1.88. The molecule has 0 atom stereocenters. The van der Waals surface area contributed by atoms with E-state index in [4.69, 9.17) is 4.42 Å². The molecule has 0 aliphatic carbocycles. The van der Waals surface area contributed by atoms with E-state index in [1.807, 2.05) is 0 Å². The summed E-state index contributed by atoms with van der Waals surface area (Å²) in [6.07, 6.45) is 2.43. The Morgan fingerprint density at radius 2 is 1.79 bits per heavy atom. The smallest absolute Gasteiger partial charge is 0.375 e. The molecule has 102 valence electrons. The lowest BCUT2D eigenvalue weighted by Gasteiger charge is -2.19. The van der Waals surface area contributed by atoms with Crippen molar-refractivity contribution in [1.29, 1.82) is 0 Å². The Labute approximate surface area is 112 Å². The standard InChI is InChI=1S/C15H19NO3/c1-15(2,3)12-9-7-11(8-10-12)5-4-6-13-16-19-14(17)18-13/h7-10H,4-6H2,1-3H3. The van der Waals surface area contributed by atoms with Crippen molar-refractivity contribution < 1.29 is 8.94 Å². The molecular weight excluding hydrogens is 242 g/mol. The summed E-state index contributed by atoms with van der Waals surface area (Å²) in [6, 6.07) is 8.65. The molecule has 0 spiro atoms. The fraction of sp³-hybridized carbons (Fsp3) is 0.467. The number of benzene rings is 1. The summed E-state index contributed by atoms with van der Waals surface area (Å²) < 4.78 is 9.10. The molecule has 2 rings (SSSR count). The minimum Gasteiger partial charge on any atom is -0.375 e. The van der Waals surface area contributed by atoms with Gasteiger partial charge in [-0.1, -0.05) is 45.0 Å². The Bertz CT molecular complexity index is 572. The third-order valence-corrected chi connectivity index (χ3v) is 3.10.